The zero-order valence-corrected chi connectivity index (χ0v) is 9.74. The first-order valence-corrected chi connectivity index (χ1v) is 5.68. The van der Waals surface area contributed by atoms with Gasteiger partial charge in [0.25, 0.3) is 0 Å². The Bertz CT molecular complexity index is 411. The monoisotopic (exact) mass is 238 g/mol. The first kappa shape index (κ1) is 12.0. The van der Waals surface area contributed by atoms with Crippen molar-refractivity contribution in [3.8, 4) is 5.75 Å². The lowest BCUT2D eigenvalue weighted by Gasteiger charge is -2.21. The second kappa shape index (κ2) is 5.27. The van der Waals surface area contributed by atoms with Gasteiger partial charge in [0.2, 0.25) is 0 Å². The molecule has 0 saturated carbocycles. The summed E-state index contributed by atoms with van der Waals surface area (Å²) in [6.07, 6.45) is 1.30. The Morgan fingerprint density at radius 1 is 1.41 bits per heavy atom. The minimum absolute atomic E-state index is 0.0712. The van der Waals surface area contributed by atoms with Gasteiger partial charge in [-0.1, -0.05) is 6.07 Å². The molecule has 0 bridgehead atoms. The van der Waals surface area contributed by atoms with Crippen LogP contribution in [0.5, 0.6) is 5.75 Å². The maximum absolute atomic E-state index is 13.7. The van der Waals surface area contributed by atoms with E-state index in [0.29, 0.717) is 31.8 Å². The van der Waals surface area contributed by atoms with Gasteiger partial charge in [0.05, 0.1) is 12.7 Å². The van der Waals surface area contributed by atoms with Crippen molar-refractivity contribution in [1.82, 2.24) is 0 Å². The number of ketones is 1. The van der Waals surface area contributed by atoms with Crippen molar-refractivity contribution in [2.45, 2.75) is 12.8 Å². The number of hydrogen-bond donors (Lipinski definition) is 0. The van der Waals surface area contributed by atoms with E-state index in [0.717, 1.165) is 0 Å². The molecule has 1 aromatic carbocycles. The highest BCUT2D eigenvalue weighted by Crippen LogP contribution is 2.28. The number of carbonyl (C=O) groups excluding carboxylic acids is 1. The predicted octanol–water partition coefficient (Wildman–Crippen LogP) is 2.44. The summed E-state index contributed by atoms with van der Waals surface area (Å²) in [5, 5.41) is 0. The third-order valence-corrected chi connectivity index (χ3v) is 3.03. The summed E-state index contributed by atoms with van der Waals surface area (Å²) in [5.41, 5.74) is 0.0712. The number of Topliss-reactive ketones (excluding diaryl/α,β-unsaturated/α-hetero) is 1. The average molecular weight is 238 g/mol. The molecule has 0 aliphatic carbocycles. The van der Waals surface area contributed by atoms with Gasteiger partial charge in [0, 0.05) is 19.1 Å². The fourth-order valence-corrected chi connectivity index (χ4v) is 2.08. The molecule has 1 aliphatic rings. The minimum atomic E-state index is -0.513. The van der Waals surface area contributed by atoms with E-state index in [-0.39, 0.29) is 17.3 Å². The maximum atomic E-state index is 13.7. The molecule has 1 aliphatic heterocycles. The summed E-state index contributed by atoms with van der Waals surface area (Å²) in [6.45, 7) is 1.13. The summed E-state index contributed by atoms with van der Waals surface area (Å²) < 4.78 is 24.0. The third-order valence-electron chi connectivity index (χ3n) is 3.03. The normalized spacial score (nSPS) is 16.8. The molecule has 0 aromatic heterocycles. The quantitative estimate of drug-likeness (QED) is 0.759. The van der Waals surface area contributed by atoms with Crippen LogP contribution in [-0.4, -0.2) is 26.1 Å². The van der Waals surface area contributed by atoms with Gasteiger partial charge in [-0.3, -0.25) is 4.79 Å². The van der Waals surface area contributed by atoms with Crippen LogP contribution in [0.4, 0.5) is 4.39 Å². The van der Waals surface area contributed by atoms with Crippen LogP contribution in [0.2, 0.25) is 0 Å². The second-order valence-corrected chi connectivity index (χ2v) is 4.07. The highest BCUT2D eigenvalue weighted by atomic mass is 19.1. The van der Waals surface area contributed by atoms with Crippen molar-refractivity contribution >= 4 is 5.78 Å². The molecule has 1 saturated heterocycles. The number of carbonyl (C=O) groups is 1. The molecular weight excluding hydrogens is 223 g/mol. The van der Waals surface area contributed by atoms with Gasteiger partial charge in [-0.25, -0.2) is 4.39 Å². The summed E-state index contributed by atoms with van der Waals surface area (Å²) in [7, 11) is 1.44. The van der Waals surface area contributed by atoms with Gasteiger partial charge >= 0.3 is 0 Å². The summed E-state index contributed by atoms with van der Waals surface area (Å²) in [5.74, 6) is -0.542. The fourth-order valence-electron chi connectivity index (χ4n) is 2.08. The number of benzene rings is 1. The van der Waals surface area contributed by atoms with Crippen molar-refractivity contribution in [2.75, 3.05) is 20.3 Å². The van der Waals surface area contributed by atoms with E-state index >= 15 is 0 Å². The Balaban J connectivity index is 2.29. The number of rotatable bonds is 3. The summed E-state index contributed by atoms with van der Waals surface area (Å²) in [4.78, 5) is 12.2. The molecule has 0 N–H and O–H groups in total. The third kappa shape index (κ3) is 2.47. The standard InChI is InChI=1S/C13H15FO3/c1-16-11-4-2-3-10(14)12(11)13(15)9-5-7-17-8-6-9/h2-4,9H,5-8H2,1H3. The van der Waals surface area contributed by atoms with Crippen LogP contribution in [0, 0.1) is 11.7 Å². The molecule has 3 nitrogen and oxygen atoms in total. The fraction of sp³-hybridized carbons (Fsp3) is 0.462. The van der Waals surface area contributed by atoms with Crippen LogP contribution in [0.1, 0.15) is 23.2 Å². The molecular formula is C13H15FO3. The molecule has 1 aromatic rings. The molecule has 0 atom stereocenters. The molecule has 1 fully saturated rings. The summed E-state index contributed by atoms with van der Waals surface area (Å²) in [6, 6.07) is 4.43. The number of hydrogen-bond acceptors (Lipinski definition) is 3. The number of methoxy groups -OCH3 is 1. The molecule has 17 heavy (non-hydrogen) atoms. The zero-order chi connectivity index (χ0) is 12.3. The number of halogens is 1. The van der Waals surface area contributed by atoms with E-state index < -0.39 is 5.82 Å². The van der Waals surface area contributed by atoms with Gasteiger partial charge < -0.3 is 9.47 Å². The van der Waals surface area contributed by atoms with E-state index in [2.05, 4.69) is 0 Å². The molecule has 92 valence electrons. The molecule has 2 rings (SSSR count). The first-order valence-electron chi connectivity index (χ1n) is 5.68. The lowest BCUT2D eigenvalue weighted by Crippen LogP contribution is -2.24. The van der Waals surface area contributed by atoms with Crippen molar-refractivity contribution < 1.29 is 18.7 Å². The molecule has 0 radical (unpaired) electrons. The molecule has 0 unspecified atom stereocenters. The maximum Gasteiger partial charge on any atom is 0.172 e. The van der Waals surface area contributed by atoms with Crippen LogP contribution in [-0.2, 0) is 4.74 Å². The van der Waals surface area contributed by atoms with Gasteiger partial charge in [-0.15, -0.1) is 0 Å². The predicted molar refractivity (Wildman–Crippen MR) is 60.8 cm³/mol. The average Bonchev–Trinajstić information content (AvgIpc) is 2.38. The van der Waals surface area contributed by atoms with E-state index in [4.69, 9.17) is 9.47 Å². The van der Waals surface area contributed by atoms with Crippen molar-refractivity contribution in [3.05, 3.63) is 29.6 Å². The largest absolute Gasteiger partial charge is 0.496 e. The van der Waals surface area contributed by atoms with Gasteiger partial charge in [0.15, 0.2) is 5.78 Å². The first-order chi connectivity index (χ1) is 8.24. The van der Waals surface area contributed by atoms with Crippen molar-refractivity contribution in [3.63, 3.8) is 0 Å². The van der Waals surface area contributed by atoms with Gasteiger partial charge in [-0.2, -0.15) is 0 Å². The molecule has 0 amide bonds. The zero-order valence-electron chi connectivity index (χ0n) is 9.74. The van der Waals surface area contributed by atoms with Crippen LogP contribution in [0.25, 0.3) is 0 Å². The van der Waals surface area contributed by atoms with Crippen LogP contribution < -0.4 is 4.74 Å². The van der Waals surface area contributed by atoms with E-state index in [1.165, 1.54) is 19.2 Å². The molecule has 1 heterocycles. The number of ether oxygens (including phenoxy) is 2. The Morgan fingerprint density at radius 3 is 2.76 bits per heavy atom. The Morgan fingerprint density at radius 2 is 2.12 bits per heavy atom. The lowest BCUT2D eigenvalue weighted by molar-refractivity contribution is 0.0540. The second-order valence-electron chi connectivity index (χ2n) is 4.07. The summed E-state index contributed by atoms with van der Waals surface area (Å²) >= 11 is 0. The minimum Gasteiger partial charge on any atom is -0.496 e. The van der Waals surface area contributed by atoms with E-state index in [9.17, 15) is 9.18 Å². The van der Waals surface area contributed by atoms with Crippen LogP contribution >= 0.6 is 0 Å². The van der Waals surface area contributed by atoms with Crippen molar-refractivity contribution in [1.29, 1.82) is 0 Å². The van der Waals surface area contributed by atoms with E-state index in [1.54, 1.807) is 6.07 Å². The lowest BCUT2D eigenvalue weighted by atomic mass is 9.90. The Hall–Kier alpha value is -1.42. The van der Waals surface area contributed by atoms with E-state index in [1.807, 2.05) is 0 Å². The van der Waals surface area contributed by atoms with Gasteiger partial charge in [0.1, 0.15) is 11.6 Å². The van der Waals surface area contributed by atoms with Gasteiger partial charge in [-0.05, 0) is 25.0 Å². The highest BCUT2D eigenvalue weighted by Gasteiger charge is 2.27. The molecule has 0 spiro atoms. The van der Waals surface area contributed by atoms with Crippen LogP contribution in [0.3, 0.4) is 0 Å². The Kier molecular flexibility index (Phi) is 3.74. The topological polar surface area (TPSA) is 35.5 Å². The highest BCUT2D eigenvalue weighted by molar-refractivity contribution is 6.00. The smallest absolute Gasteiger partial charge is 0.172 e. The van der Waals surface area contributed by atoms with Crippen LogP contribution in [0.15, 0.2) is 18.2 Å². The molecule has 4 heteroatoms. The van der Waals surface area contributed by atoms with Crippen molar-refractivity contribution in [2.24, 2.45) is 5.92 Å². The Labute approximate surface area is 99.5 Å². The SMILES string of the molecule is COc1cccc(F)c1C(=O)C1CCOCC1.